The minimum Gasteiger partial charge on any atom is -0.345 e. The van der Waals surface area contributed by atoms with Crippen LogP contribution in [0.4, 0.5) is 0 Å². The first-order valence-corrected chi connectivity index (χ1v) is 14.5. The average molecular weight is 542 g/mol. The van der Waals surface area contributed by atoms with Gasteiger partial charge in [0.15, 0.2) is 5.82 Å². The largest absolute Gasteiger partial charge is 0.345 e. The van der Waals surface area contributed by atoms with Crippen LogP contribution >= 0.6 is 20.6 Å². The van der Waals surface area contributed by atoms with E-state index in [1.807, 2.05) is 25.1 Å². The molecule has 0 amide bonds. The van der Waals surface area contributed by atoms with E-state index in [0.717, 1.165) is 34.2 Å². The predicted molar refractivity (Wildman–Crippen MR) is 147 cm³/mol. The first kappa shape index (κ1) is 25.3. The molecule has 0 radical (unpaired) electrons. The van der Waals surface area contributed by atoms with Crippen LogP contribution in [0.25, 0.3) is 16.8 Å². The maximum Gasteiger partial charge on any atom is 0.250 e. The highest BCUT2D eigenvalue weighted by atomic mass is 32.2. The van der Waals surface area contributed by atoms with Crippen molar-refractivity contribution >= 4 is 41.5 Å². The predicted octanol–water partition coefficient (Wildman–Crippen LogP) is 4.57. The molecular weight excluding hydrogens is 513 g/mol. The van der Waals surface area contributed by atoms with Gasteiger partial charge in [-0.3, -0.25) is 0 Å². The summed E-state index contributed by atoms with van der Waals surface area (Å²) in [6, 6.07) is 11.5. The van der Waals surface area contributed by atoms with Crippen LogP contribution in [0.1, 0.15) is 31.2 Å². The average Bonchev–Trinajstić information content (AvgIpc) is 3.50. The van der Waals surface area contributed by atoms with Crippen molar-refractivity contribution in [3.8, 4) is 11.3 Å². The molecule has 2 aliphatic rings. The molecule has 3 aromatic rings. The van der Waals surface area contributed by atoms with Crippen molar-refractivity contribution in [1.82, 2.24) is 14.7 Å². The number of nitrogens with zero attached hydrogens (tertiary/aromatic N) is 1. The SMILES string of the molecule is CC1(CNS(=O)(=O)c2cccs2)COC(c2nc(C3=CC=CCC=C3)c(-c3ccc(P)cc3)[nH]2)OC1. The first-order chi connectivity index (χ1) is 17.3. The Morgan fingerprint density at radius 3 is 2.69 bits per heavy atom. The maximum absolute atomic E-state index is 12.5. The Bertz CT molecular complexity index is 1400. The zero-order chi connectivity index (χ0) is 25.2. The number of thiophene rings is 1. The summed E-state index contributed by atoms with van der Waals surface area (Å²) in [5, 5.41) is 2.84. The van der Waals surface area contributed by atoms with Gasteiger partial charge in [0.25, 0.3) is 0 Å². The first-order valence-electron chi connectivity index (χ1n) is 11.6. The van der Waals surface area contributed by atoms with Crippen molar-refractivity contribution in [2.75, 3.05) is 19.8 Å². The number of H-pyrrole nitrogens is 1. The lowest BCUT2D eigenvalue weighted by atomic mass is 9.92. The second kappa shape index (κ2) is 10.5. The summed E-state index contributed by atoms with van der Waals surface area (Å²) in [5.41, 5.74) is 3.23. The van der Waals surface area contributed by atoms with Crippen molar-refractivity contribution in [2.45, 2.75) is 23.8 Å². The Balaban J connectivity index is 1.34. The summed E-state index contributed by atoms with van der Waals surface area (Å²) >= 11 is 1.19. The van der Waals surface area contributed by atoms with Gasteiger partial charge < -0.3 is 14.5 Å². The lowest BCUT2D eigenvalue weighted by Gasteiger charge is -2.36. The number of hydrogen-bond donors (Lipinski definition) is 2. The molecule has 1 aliphatic heterocycles. The second-order valence-electron chi connectivity index (χ2n) is 9.18. The minimum absolute atomic E-state index is 0.208. The Morgan fingerprint density at radius 2 is 1.97 bits per heavy atom. The molecule has 10 heteroatoms. The van der Waals surface area contributed by atoms with Crippen LogP contribution in [0, 0.1) is 5.41 Å². The molecule has 1 aromatic carbocycles. The molecule has 0 bridgehead atoms. The number of nitrogens with one attached hydrogen (secondary N) is 2. The number of ether oxygens (including phenoxy) is 2. The van der Waals surface area contributed by atoms with E-state index in [4.69, 9.17) is 14.5 Å². The lowest BCUT2D eigenvalue weighted by molar-refractivity contribution is -0.231. The van der Waals surface area contributed by atoms with Gasteiger partial charge in [0.05, 0.1) is 24.6 Å². The number of aromatic nitrogens is 2. The molecule has 3 heterocycles. The summed E-state index contributed by atoms with van der Waals surface area (Å²) in [6.07, 6.45) is 10.6. The number of allylic oxidation sites excluding steroid dienone is 6. The van der Waals surface area contributed by atoms with E-state index in [0.29, 0.717) is 23.2 Å². The number of benzene rings is 1. The van der Waals surface area contributed by atoms with E-state index >= 15 is 0 Å². The molecule has 36 heavy (non-hydrogen) atoms. The van der Waals surface area contributed by atoms with E-state index in [9.17, 15) is 8.42 Å². The van der Waals surface area contributed by atoms with E-state index in [-0.39, 0.29) is 6.54 Å². The van der Waals surface area contributed by atoms with Gasteiger partial charge in [-0.2, -0.15) is 0 Å². The molecular formula is C26H28N3O4PS2. The van der Waals surface area contributed by atoms with Gasteiger partial charge in [-0.05, 0) is 23.2 Å². The summed E-state index contributed by atoms with van der Waals surface area (Å²) in [5.74, 6) is 0.582. The van der Waals surface area contributed by atoms with Crippen molar-refractivity contribution < 1.29 is 17.9 Å². The third-order valence-corrected chi connectivity index (χ3v) is 9.20. The quantitative estimate of drug-likeness (QED) is 0.428. The molecule has 188 valence electrons. The molecule has 5 rings (SSSR count). The highest BCUT2D eigenvalue weighted by Crippen LogP contribution is 2.35. The summed E-state index contributed by atoms with van der Waals surface area (Å²) < 4.78 is 40.2. The van der Waals surface area contributed by atoms with Gasteiger partial charge in [0.1, 0.15) is 4.21 Å². The molecule has 0 spiro atoms. The van der Waals surface area contributed by atoms with Gasteiger partial charge in [-0.1, -0.05) is 67.6 Å². The molecule has 1 atom stereocenters. The monoisotopic (exact) mass is 541 g/mol. The minimum atomic E-state index is -3.55. The van der Waals surface area contributed by atoms with E-state index < -0.39 is 21.7 Å². The fourth-order valence-corrected chi connectivity index (χ4v) is 6.40. The van der Waals surface area contributed by atoms with Crippen LogP contribution in [0.5, 0.6) is 0 Å². The van der Waals surface area contributed by atoms with Gasteiger partial charge in [0, 0.05) is 23.1 Å². The number of aromatic amines is 1. The summed E-state index contributed by atoms with van der Waals surface area (Å²) in [4.78, 5) is 8.32. The van der Waals surface area contributed by atoms with E-state index in [2.05, 4.69) is 55.4 Å². The normalized spacial score (nSPS) is 22.4. The summed E-state index contributed by atoms with van der Waals surface area (Å²) in [7, 11) is -0.853. The number of sulfonamides is 1. The molecule has 1 unspecified atom stereocenters. The standard InChI is InChI=1S/C26H28N3O4PS2/c1-26(15-27-36(30,31)21-9-6-14-35-21)16-32-25(33-17-26)24-28-22(18-7-4-2-3-5-8-18)23(29-24)19-10-12-20(34)13-11-19/h2,4-14,25,27H,3,15-17,34H2,1H3,(H,28,29). The Kier molecular flexibility index (Phi) is 7.40. The van der Waals surface area contributed by atoms with Crippen molar-refractivity contribution in [1.29, 1.82) is 0 Å². The van der Waals surface area contributed by atoms with Crippen LogP contribution in [-0.2, 0) is 19.5 Å². The number of rotatable bonds is 7. The maximum atomic E-state index is 12.5. The molecule has 7 nitrogen and oxygen atoms in total. The Labute approximate surface area is 217 Å². The number of imidazole rings is 1. The molecule has 1 aliphatic carbocycles. The second-order valence-corrected chi connectivity index (χ2v) is 12.8. The topological polar surface area (TPSA) is 93.3 Å². The lowest BCUT2D eigenvalue weighted by Crippen LogP contribution is -2.45. The smallest absolute Gasteiger partial charge is 0.250 e. The van der Waals surface area contributed by atoms with Gasteiger partial charge in [0.2, 0.25) is 16.3 Å². The highest BCUT2D eigenvalue weighted by molar-refractivity contribution is 7.91. The zero-order valence-electron chi connectivity index (χ0n) is 19.8. The van der Waals surface area contributed by atoms with Crippen LogP contribution in [0.15, 0.2) is 76.4 Å². The van der Waals surface area contributed by atoms with Gasteiger partial charge >= 0.3 is 0 Å². The fraction of sp³-hybridized carbons (Fsp3) is 0.269. The zero-order valence-corrected chi connectivity index (χ0v) is 22.6. The van der Waals surface area contributed by atoms with Crippen molar-refractivity contribution in [2.24, 2.45) is 5.41 Å². The van der Waals surface area contributed by atoms with E-state index in [1.54, 1.807) is 17.5 Å². The Morgan fingerprint density at radius 1 is 1.19 bits per heavy atom. The molecule has 0 saturated carbocycles. The van der Waals surface area contributed by atoms with Crippen LogP contribution < -0.4 is 10.0 Å². The summed E-state index contributed by atoms with van der Waals surface area (Å²) in [6.45, 7) is 2.79. The van der Waals surface area contributed by atoms with E-state index in [1.165, 1.54) is 11.3 Å². The molecule has 1 saturated heterocycles. The van der Waals surface area contributed by atoms with Crippen LogP contribution in [0.3, 0.4) is 0 Å². The van der Waals surface area contributed by atoms with Crippen LogP contribution in [-0.4, -0.2) is 38.1 Å². The van der Waals surface area contributed by atoms with Gasteiger partial charge in [-0.25, -0.2) is 18.1 Å². The Hall–Kier alpha value is -2.39. The molecule has 2 N–H and O–H groups in total. The van der Waals surface area contributed by atoms with Gasteiger partial charge in [-0.15, -0.1) is 20.6 Å². The third-order valence-electron chi connectivity index (χ3n) is 6.01. The fourth-order valence-electron chi connectivity index (χ4n) is 3.97. The van der Waals surface area contributed by atoms with Crippen LogP contribution in [0.2, 0.25) is 0 Å². The van der Waals surface area contributed by atoms with Crippen molar-refractivity contribution in [3.05, 3.63) is 83.7 Å². The molecule has 1 fully saturated rings. The van der Waals surface area contributed by atoms with Crippen molar-refractivity contribution in [3.63, 3.8) is 0 Å². The number of hydrogen-bond acceptors (Lipinski definition) is 6. The third kappa shape index (κ3) is 5.62. The molecule has 2 aromatic heterocycles. The highest BCUT2D eigenvalue weighted by Gasteiger charge is 2.36.